The number of alkyl halides is 3. The summed E-state index contributed by atoms with van der Waals surface area (Å²) in [4.78, 5) is -0.431. The van der Waals surface area contributed by atoms with Gasteiger partial charge in [0.2, 0.25) is 0 Å². The lowest BCUT2D eigenvalue weighted by Crippen LogP contribution is -2.38. The first kappa shape index (κ1) is 21.5. The Morgan fingerprint density at radius 3 is 2.48 bits per heavy atom. The molecule has 3 aromatic rings. The summed E-state index contributed by atoms with van der Waals surface area (Å²) < 4.78 is 72.5. The third-order valence-electron chi connectivity index (χ3n) is 4.90. The van der Waals surface area contributed by atoms with Crippen molar-refractivity contribution in [2.75, 3.05) is 17.5 Å². The van der Waals surface area contributed by atoms with Crippen LogP contribution in [0.15, 0.2) is 65.6 Å². The largest absolute Gasteiger partial charge is 0.489 e. The minimum absolute atomic E-state index is 0.0242. The van der Waals surface area contributed by atoms with E-state index in [-0.39, 0.29) is 18.8 Å². The van der Waals surface area contributed by atoms with Gasteiger partial charge in [0.05, 0.1) is 22.7 Å². The first-order chi connectivity index (χ1) is 14.6. The number of rotatable bonds is 3. The lowest BCUT2D eigenvalue weighted by Gasteiger charge is -2.31. The third-order valence-corrected chi connectivity index (χ3v) is 6.93. The van der Waals surface area contributed by atoms with Crippen LogP contribution in [0.3, 0.4) is 0 Å². The van der Waals surface area contributed by atoms with Gasteiger partial charge >= 0.3 is 6.18 Å². The number of sulfonamides is 1. The molecular formula is C22H17ClF3NO3S. The van der Waals surface area contributed by atoms with E-state index >= 15 is 0 Å². The Labute approximate surface area is 182 Å². The van der Waals surface area contributed by atoms with Crippen molar-refractivity contribution >= 4 is 27.3 Å². The van der Waals surface area contributed by atoms with Gasteiger partial charge in [-0.1, -0.05) is 29.8 Å². The Morgan fingerprint density at radius 2 is 1.77 bits per heavy atom. The topological polar surface area (TPSA) is 46.6 Å². The molecule has 31 heavy (non-hydrogen) atoms. The van der Waals surface area contributed by atoms with Crippen LogP contribution in [0.1, 0.15) is 11.1 Å². The number of halogens is 4. The molecule has 4 rings (SSSR count). The molecule has 0 radical (unpaired) electrons. The fourth-order valence-electron chi connectivity index (χ4n) is 3.49. The van der Waals surface area contributed by atoms with Gasteiger partial charge in [-0.15, -0.1) is 0 Å². The Balaban J connectivity index is 1.80. The normalized spacial score (nSPS) is 14.2. The van der Waals surface area contributed by atoms with Crippen molar-refractivity contribution in [1.29, 1.82) is 0 Å². The summed E-state index contributed by atoms with van der Waals surface area (Å²) in [6.07, 6.45) is -4.65. The number of ether oxygens (including phenoxy) is 1. The second-order valence-electron chi connectivity index (χ2n) is 7.15. The molecular weight excluding hydrogens is 451 g/mol. The molecule has 1 aliphatic rings. The second kappa shape index (κ2) is 7.76. The van der Waals surface area contributed by atoms with Crippen molar-refractivity contribution in [2.45, 2.75) is 18.0 Å². The first-order valence-electron chi connectivity index (χ1n) is 9.30. The number of hydrogen-bond donors (Lipinski definition) is 0. The molecule has 0 spiro atoms. The van der Waals surface area contributed by atoms with E-state index in [1.165, 1.54) is 0 Å². The molecule has 0 saturated carbocycles. The summed E-state index contributed by atoms with van der Waals surface area (Å²) in [6, 6.07) is 14.3. The average Bonchev–Trinajstić information content (AvgIpc) is 2.71. The van der Waals surface area contributed by atoms with E-state index in [9.17, 15) is 21.6 Å². The molecule has 0 fully saturated rings. The van der Waals surface area contributed by atoms with Crippen LogP contribution in [-0.2, 0) is 16.2 Å². The van der Waals surface area contributed by atoms with Crippen molar-refractivity contribution in [3.05, 3.63) is 76.8 Å². The number of benzene rings is 3. The van der Waals surface area contributed by atoms with Gasteiger partial charge in [0.25, 0.3) is 10.0 Å². The molecule has 4 nitrogen and oxygen atoms in total. The smallest absolute Gasteiger partial charge is 0.416 e. The Morgan fingerprint density at radius 1 is 1.00 bits per heavy atom. The summed E-state index contributed by atoms with van der Waals surface area (Å²) in [5.74, 6) is 0.337. The minimum Gasteiger partial charge on any atom is -0.489 e. The van der Waals surface area contributed by atoms with Crippen LogP contribution in [-0.4, -0.2) is 21.6 Å². The van der Waals surface area contributed by atoms with Crippen LogP contribution in [0.2, 0.25) is 5.02 Å². The van der Waals surface area contributed by atoms with Crippen LogP contribution in [0.4, 0.5) is 18.9 Å². The molecule has 0 saturated heterocycles. The molecule has 1 heterocycles. The number of nitrogens with zero attached hydrogens (tertiary/aromatic N) is 1. The molecule has 0 bridgehead atoms. The maximum absolute atomic E-state index is 13.3. The van der Waals surface area contributed by atoms with Gasteiger partial charge in [0, 0.05) is 5.02 Å². The van der Waals surface area contributed by atoms with Crippen LogP contribution in [0.25, 0.3) is 11.1 Å². The zero-order valence-corrected chi connectivity index (χ0v) is 17.9. The van der Waals surface area contributed by atoms with Crippen molar-refractivity contribution < 1.29 is 26.3 Å². The summed E-state index contributed by atoms with van der Waals surface area (Å²) in [7, 11) is -4.25. The minimum atomic E-state index is -4.65. The highest BCUT2D eigenvalue weighted by atomic mass is 35.5. The molecule has 0 unspecified atom stereocenters. The molecule has 0 aromatic heterocycles. The van der Waals surface area contributed by atoms with E-state index in [0.717, 1.165) is 33.6 Å². The molecule has 3 aromatic carbocycles. The number of hydrogen-bond acceptors (Lipinski definition) is 3. The average molecular weight is 468 g/mol. The lowest BCUT2D eigenvalue weighted by atomic mass is 10.0. The van der Waals surface area contributed by atoms with Crippen molar-refractivity contribution in [3.63, 3.8) is 0 Å². The summed E-state index contributed by atoms with van der Waals surface area (Å²) >= 11 is 6.15. The molecule has 9 heteroatoms. The number of fused-ring (bicyclic) bond motifs is 1. The zero-order valence-electron chi connectivity index (χ0n) is 16.3. The summed E-state index contributed by atoms with van der Waals surface area (Å²) in [6.45, 7) is 1.95. The predicted octanol–water partition coefficient (Wildman–Crippen LogP) is 5.92. The highest BCUT2D eigenvalue weighted by molar-refractivity contribution is 7.92. The van der Waals surface area contributed by atoms with Gasteiger partial charge in [0.1, 0.15) is 12.4 Å². The van der Waals surface area contributed by atoms with E-state index in [1.54, 1.807) is 30.3 Å². The SMILES string of the molecule is Cc1cc(Cl)cc(-c2ccc3c(c2)N(S(=O)(=O)c2cccc(C(F)(F)F)c2)CCO3)c1. The molecule has 0 amide bonds. The number of anilines is 1. The van der Waals surface area contributed by atoms with E-state index in [2.05, 4.69) is 0 Å². The first-order valence-corrected chi connectivity index (χ1v) is 11.1. The molecule has 0 aliphatic carbocycles. The van der Waals surface area contributed by atoms with Crippen LogP contribution in [0, 0.1) is 6.92 Å². The van der Waals surface area contributed by atoms with E-state index in [0.29, 0.717) is 22.4 Å². The third kappa shape index (κ3) is 4.22. The van der Waals surface area contributed by atoms with E-state index < -0.39 is 26.7 Å². The monoisotopic (exact) mass is 467 g/mol. The van der Waals surface area contributed by atoms with Gasteiger partial charge in [-0.05, 0) is 66.1 Å². The Bertz CT molecular complexity index is 1240. The van der Waals surface area contributed by atoms with Gasteiger partial charge < -0.3 is 4.74 Å². The Hall–Kier alpha value is -2.71. The van der Waals surface area contributed by atoms with Gasteiger partial charge in [-0.25, -0.2) is 8.42 Å². The second-order valence-corrected chi connectivity index (χ2v) is 9.45. The van der Waals surface area contributed by atoms with E-state index in [4.69, 9.17) is 16.3 Å². The molecule has 0 N–H and O–H groups in total. The molecule has 1 aliphatic heterocycles. The van der Waals surface area contributed by atoms with Gasteiger partial charge in [0.15, 0.2) is 0 Å². The highest BCUT2D eigenvalue weighted by Gasteiger charge is 2.34. The predicted molar refractivity (Wildman–Crippen MR) is 113 cm³/mol. The fourth-order valence-corrected chi connectivity index (χ4v) is 5.27. The van der Waals surface area contributed by atoms with E-state index in [1.807, 2.05) is 13.0 Å². The summed E-state index contributed by atoms with van der Waals surface area (Å²) in [5.41, 5.74) is 1.67. The lowest BCUT2D eigenvalue weighted by molar-refractivity contribution is -0.137. The molecule has 162 valence electrons. The Kier molecular flexibility index (Phi) is 5.39. The van der Waals surface area contributed by atoms with Crippen LogP contribution >= 0.6 is 11.6 Å². The quantitative estimate of drug-likeness (QED) is 0.480. The van der Waals surface area contributed by atoms with Crippen LogP contribution < -0.4 is 9.04 Å². The summed E-state index contributed by atoms with van der Waals surface area (Å²) in [5, 5.41) is 0.539. The number of aryl methyl sites for hydroxylation is 1. The highest BCUT2D eigenvalue weighted by Crippen LogP contribution is 2.40. The van der Waals surface area contributed by atoms with Crippen molar-refractivity contribution in [1.82, 2.24) is 0 Å². The fraction of sp³-hybridized carbons (Fsp3) is 0.182. The van der Waals surface area contributed by atoms with Gasteiger partial charge in [-0.3, -0.25) is 4.31 Å². The van der Waals surface area contributed by atoms with Crippen LogP contribution in [0.5, 0.6) is 5.75 Å². The van der Waals surface area contributed by atoms with Crippen molar-refractivity contribution in [3.8, 4) is 16.9 Å². The molecule has 0 atom stereocenters. The van der Waals surface area contributed by atoms with Crippen molar-refractivity contribution in [2.24, 2.45) is 0 Å². The van der Waals surface area contributed by atoms with Gasteiger partial charge in [-0.2, -0.15) is 13.2 Å². The standard InChI is InChI=1S/C22H17ClF3NO3S/c1-14-9-16(11-18(23)10-14)15-5-6-21-20(12-15)27(7-8-30-21)31(28,29)19-4-2-3-17(13-19)22(24,25)26/h2-6,9-13H,7-8H2,1H3. The maximum atomic E-state index is 13.3. The zero-order chi connectivity index (χ0) is 22.4. The maximum Gasteiger partial charge on any atom is 0.416 e.